The predicted molar refractivity (Wildman–Crippen MR) is 195 cm³/mol. The van der Waals surface area contributed by atoms with Crippen LogP contribution in [-0.2, 0) is 17.6 Å². The monoisotopic (exact) mass is 751 g/mol. The Balaban J connectivity index is 1.25. The predicted octanol–water partition coefficient (Wildman–Crippen LogP) is 7.52. The Morgan fingerprint density at radius 3 is 2.45 bits per heavy atom. The number of nitrogens with zero attached hydrogens (tertiary/aromatic N) is 3. The van der Waals surface area contributed by atoms with E-state index >= 15 is 0 Å². The lowest BCUT2D eigenvalue weighted by molar-refractivity contribution is 0.0700. The number of anilines is 2. The number of aryl methyl sites for hydroxylation is 1. The normalized spacial score (nSPS) is 14.0. The van der Waals surface area contributed by atoms with Crippen molar-refractivity contribution in [3.63, 3.8) is 0 Å². The maximum atomic E-state index is 14.0. The molecule has 1 N–H and O–H groups in total. The standard InChI is InChI=1S/C35H34BrN3O5S3/c1-23-27-21-26(11-12-31(27)46-32(23)35(41)42)47(43)22-39(15-13-24-7-9-25(44-2)10-8-24)30-6-4-3-5-29(30)37-16-18-38(19-17-37)34(40)33-28(36)14-20-45-33/h3-12,14,20-21H,13,15-19,22H2,1-2H3,(H,41,42). The molecule has 0 spiro atoms. The topological polar surface area (TPSA) is 96.4 Å². The van der Waals surface area contributed by atoms with E-state index in [-0.39, 0.29) is 11.8 Å². The zero-order valence-electron chi connectivity index (χ0n) is 26.0. The summed E-state index contributed by atoms with van der Waals surface area (Å²) in [5.74, 6) is 0.159. The molecule has 3 aromatic carbocycles. The first-order chi connectivity index (χ1) is 22.7. The van der Waals surface area contributed by atoms with Gasteiger partial charge in [-0.2, -0.15) is 0 Å². The molecule has 1 aliphatic rings. The van der Waals surface area contributed by atoms with E-state index < -0.39 is 17.1 Å². The number of carbonyl (C=O) groups excluding carboxylic acids is 1. The van der Waals surface area contributed by atoms with Crippen LogP contribution in [-0.4, -0.2) is 72.1 Å². The van der Waals surface area contributed by atoms with Crippen molar-refractivity contribution in [3.05, 3.63) is 104 Å². The highest BCUT2D eigenvalue weighted by atomic mass is 79.9. The number of rotatable bonds is 11. The minimum absolute atomic E-state index is 0.0460. The summed E-state index contributed by atoms with van der Waals surface area (Å²) in [6.07, 6.45) is 0.734. The van der Waals surface area contributed by atoms with Crippen molar-refractivity contribution in [2.45, 2.75) is 18.2 Å². The molecule has 2 aromatic heterocycles. The highest BCUT2D eigenvalue weighted by Gasteiger charge is 2.28. The van der Waals surface area contributed by atoms with E-state index in [0.29, 0.717) is 48.1 Å². The molecule has 5 aromatic rings. The summed E-state index contributed by atoms with van der Waals surface area (Å²) in [6.45, 7) is 5.01. The van der Waals surface area contributed by atoms with E-state index in [1.54, 1.807) is 14.0 Å². The first-order valence-corrected chi connectivity index (χ1v) is 18.9. The quantitative estimate of drug-likeness (QED) is 0.140. The van der Waals surface area contributed by atoms with Gasteiger partial charge in [-0.25, -0.2) is 4.79 Å². The van der Waals surface area contributed by atoms with Gasteiger partial charge in [0.25, 0.3) is 5.91 Å². The molecule has 1 saturated heterocycles. The van der Waals surface area contributed by atoms with E-state index in [2.05, 4.69) is 50.0 Å². The van der Waals surface area contributed by atoms with Gasteiger partial charge in [-0.3, -0.25) is 4.79 Å². The second-order valence-electron chi connectivity index (χ2n) is 11.2. The van der Waals surface area contributed by atoms with Gasteiger partial charge in [0.1, 0.15) is 15.5 Å². The van der Waals surface area contributed by atoms with Crippen molar-refractivity contribution >= 4 is 83.1 Å². The summed E-state index contributed by atoms with van der Waals surface area (Å²) >= 11 is 4.79. The molecule has 1 aliphatic heterocycles. The number of benzene rings is 3. The summed E-state index contributed by atoms with van der Waals surface area (Å²) < 4.78 is 21.1. The average molecular weight is 753 g/mol. The van der Waals surface area contributed by atoms with Gasteiger partial charge < -0.3 is 29.1 Å². The largest absolute Gasteiger partial charge is 0.610 e. The Kier molecular flexibility index (Phi) is 10.4. The number of carbonyl (C=O) groups is 2. The molecule has 12 heteroatoms. The second-order valence-corrected chi connectivity index (χ2v) is 15.5. The molecule has 47 heavy (non-hydrogen) atoms. The third kappa shape index (κ3) is 7.31. The van der Waals surface area contributed by atoms with E-state index in [9.17, 15) is 19.2 Å². The number of thiophene rings is 2. The van der Waals surface area contributed by atoms with Crippen LogP contribution in [0.2, 0.25) is 0 Å². The van der Waals surface area contributed by atoms with Crippen LogP contribution in [0.1, 0.15) is 30.5 Å². The number of carboxylic acid groups (broad SMARTS) is 1. The van der Waals surface area contributed by atoms with Crippen molar-refractivity contribution < 1.29 is 24.0 Å². The van der Waals surface area contributed by atoms with Gasteiger partial charge in [-0.05, 0) is 88.2 Å². The molecular formula is C35H34BrN3O5S3. The Morgan fingerprint density at radius 1 is 1.02 bits per heavy atom. The summed E-state index contributed by atoms with van der Waals surface area (Å²) in [5, 5.41) is 12.4. The molecule has 1 fully saturated rings. The van der Waals surface area contributed by atoms with Crippen molar-refractivity contribution in [1.82, 2.24) is 4.90 Å². The fourth-order valence-electron chi connectivity index (χ4n) is 5.81. The smallest absolute Gasteiger partial charge is 0.346 e. The Hall–Kier alpha value is -3.55. The third-order valence-electron chi connectivity index (χ3n) is 8.41. The molecule has 0 saturated carbocycles. The molecule has 1 atom stereocenters. The number of fused-ring (bicyclic) bond motifs is 1. The zero-order chi connectivity index (χ0) is 33.1. The van der Waals surface area contributed by atoms with Crippen molar-refractivity contribution in [3.8, 4) is 5.75 Å². The number of para-hydroxylation sites is 2. The lowest BCUT2D eigenvalue weighted by Crippen LogP contribution is -2.49. The lowest BCUT2D eigenvalue weighted by Gasteiger charge is -2.38. The fourth-order valence-corrected chi connectivity index (χ4v) is 9.52. The highest BCUT2D eigenvalue weighted by molar-refractivity contribution is 9.10. The number of ether oxygens (including phenoxy) is 1. The Morgan fingerprint density at radius 2 is 1.77 bits per heavy atom. The van der Waals surface area contributed by atoms with E-state index in [1.165, 1.54) is 22.7 Å². The van der Waals surface area contributed by atoms with Crippen LogP contribution in [0.4, 0.5) is 11.4 Å². The van der Waals surface area contributed by atoms with Crippen molar-refractivity contribution in [2.75, 3.05) is 55.5 Å². The van der Waals surface area contributed by atoms with E-state index in [1.807, 2.05) is 58.8 Å². The van der Waals surface area contributed by atoms with E-state index in [0.717, 1.165) is 48.5 Å². The lowest BCUT2D eigenvalue weighted by atomic mass is 10.1. The molecular weight excluding hydrogens is 719 g/mol. The number of hydrogen-bond donors (Lipinski definition) is 1. The molecule has 0 aliphatic carbocycles. The summed E-state index contributed by atoms with van der Waals surface area (Å²) in [4.78, 5) is 33.0. The van der Waals surface area contributed by atoms with E-state index in [4.69, 9.17) is 4.74 Å². The van der Waals surface area contributed by atoms with Crippen LogP contribution < -0.4 is 14.5 Å². The van der Waals surface area contributed by atoms with Gasteiger partial charge in [-0.15, -0.1) is 22.7 Å². The molecule has 8 nitrogen and oxygen atoms in total. The number of aromatic carboxylic acids is 1. The molecule has 1 amide bonds. The molecule has 244 valence electrons. The highest BCUT2D eigenvalue weighted by Crippen LogP contribution is 2.35. The van der Waals surface area contributed by atoms with Crippen LogP contribution in [0.3, 0.4) is 0 Å². The first-order valence-electron chi connectivity index (χ1n) is 15.1. The number of carboxylic acids is 1. The van der Waals surface area contributed by atoms with Crippen molar-refractivity contribution in [2.24, 2.45) is 0 Å². The summed E-state index contributed by atoms with van der Waals surface area (Å²) in [7, 11) is 1.65. The third-order valence-corrected chi connectivity index (χ3v) is 12.8. The summed E-state index contributed by atoms with van der Waals surface area (Å²) in [5.41, 5.74) is 3.86. The average Bonchev–Trinajstić information content (AvgIpc) is 3.68. The van der Waals surface area contributed by atoms with Crippen LogP contribution in [0.25, 0.3) is 10.1 Å². The molecule has 3 heterocycles. The first kappa shape index (κ1) is 33.4. The molecule has 6 rings (SSSR count). The number of piperazine rings is 1. The molecule has 0 bridgehead atoms. The fraction of sp³-hybridized carbons (Fsp3) is 0.257. The van der Waals surface area contributed by atoms with Crippen molar-refractivity contribution in [1.29, 1.82) is 0 Å². The van der Waals surface area contributed by atoms with Crippen LogP contribution in [0, 0.1) is 6.92 Å². The maximum absolute atomic E-state index is 14.0. The van der Waals surface area contributed by atoms with Crippen LogP contribution >= 0.6 is 38.6 Å². The van der Waals surface area contributed by atoms with Gasteiger partial charge in [0.15, 0.2) is 10.8 Å². The molecule has 1 unspecified atom stereocenters. The van der Waals surface area contributed by atoms with Gasteiger partial charge in [-0.1, -0.05) is 24.3 Å². The number of halogens is 1. The molecule has 0 radical (unpaired) electrons. The number of methoxy groups -OCH3 is 1. The Bertz CT molecular complexity index is 1890. The van der Waals surface area contributed by atoms with Crippen LogP contribution in [0.15, 0.2) is 87.5 Å². The Labute approximate surface area is 293 Å². The number of amides is 1. The zero-order valence-corrected chi connectivity index (χ0v) is 30.0. The number of hydrogen-bond acceptors (Lipinski definition) is 8. The minimum Gasteiger partial charge on any atom is -0.610 e. The van der Waals surface area contributed by atoms with Gasteiger partial charge >= 0.3 is 5.97 Å². The van der Waals surface area contributed by atoms with Gasteiger partial charge in [0, 0.05) is 64.5 Å². The second kappa shape index (κ2) is 14.7. The van der Waals surface area contributed by atoms with Crippen LogP contribution in [0.5, 0.6) is 5.75 Å². The SMILES string of the molecule is COc1ccc(CCN(C[S+]([O-])c2ccc3sc(C(=O)O)c(C)c3c2)c2ccccc2N2CCN(C(=O)c3sccc3Br)CC2)cc1. The van der Waals surface area contributed by atoms with Gasteiger partial charge in [0.05, 0.1) is 18.5 Å². The maximum Gasteiger partial charge on any atom is 0.346 e. The summed E-state index contributed by atoms with van der Waals surface area (Å²) in [6, 6.07) is 23.7. The van der Waals surface area contributed by atoms with Gasteiger partial charge in [0.2, 0.25) is 0 Å². The minimum atomic E-state index is -1.40.